The van der Waals surface area contributed by atoms with Crippen molar-refractivity contribution in [2.75, 3.05) is 25.6 Å². The summed E-state index contributed by atoms with van der Waals surface area (Å²) in [7, 11) is -10.8. The van der Waals surface area contributed by atoms with Crippen molar-refractivity contribution < 1.29 is 66.3 Å². The summed E-state index contributed by atoms with van der Waals surface area (Å²) in [5.41, 5.74) is 4.59. The largest absolute Gasteiger partial charge is 0.481 e. The Kier molecular flexibility index (Phi) is 32.2. The van der Waals surface area contributed by atoms with Crippen LogP contribution in [-0.4, -0.2) is 85.7 Å². The number of aliphatic hydroxyl groups is 2. The van der Waals surface area contributed by atoms with E-state index in [1.165, 1.54) is 102 Å². The Bertz CT molecular complexity index is 1650. The maximum Gasteiger partial charge on any atom is 0.481 e. The zero-order valence-electron chi connectivity index (χ0n) is 39.8. The van der Waals surface area contributed by atoms with Crippen LogP contribution in [0.4, 0.5) is 5.82 Å². The van der Waals surface area contributed by atoms with Crippen molar-refractivity contribution in [3.05, 3.63) is 34.9 Å². The normalized spacial score (nSPS) is 19.7. The molecule has 0 aliphatic carbocycles. The van der Waals surface area contributed by atoms with E-state index in [1.54, 1.807) is 0 Å². The molecule has 1 saturated heterocycles. The number of carbonyl (C=O) groups excluding carboxylic acids is 2. The third kappa shape index (κ3) is 28.1. The first-order valence-electron chi connectivity index (χ1n) is 24.7. The lowest BCUT2D eigenvalue weighted by molar-refractivity contribution is -0.161. The summed E-state index contributed by atoms with van der Waals surface area (Å²) in [5, 5.41) is 20.9. The Morgan fingerprint density at radius 2 is 1.18 bits per heavy atom. The molecule has 2 rings (SSSR count). The number of hydrogen-bond acceptors (Lipinski definition) is 15. The van der Waals surface area contributed by atoms with Crippen molar-refractivity contribution >= 4 is 33.4 Å². The molecular formula is C46H83N3O15P2. The molecule has 0 amide bonds. The van der Waals surface area contributed by atoms with Crippen LogP contribution in [-0.2, 0) is 46.3 Å². The molecule has 0 spiro atoms. The van der Waals surface area contributed by atoms with Gasteiger partial charge >= 0.3 is 33.3 Å². The van der Waals surface area contributed by atoms with Crippen LogP contribution in [0.2, 0.25) is 0 Å². The first kappa shape index (κ1) is 59.6. The average molecular weight is 980 g/mol. The molecular weight excluding hydrogens is 896 g/mol. The van der Waals surface area contributed by atoms with Crippen LogP contribution in [0.1, 0.15) is 200 Å². The van der Waals surface area contributed by atoms with Crippen LogP contribution >= 0.6 is 15.6 Å². The molecule has 1 aliphatic rings. The number of esters is 2. The summed E-state index contributed by atoms with van der Waals surface area (Å²) in [4.78, 5) is 61.8. The standard InChI is InChI=1S/C46H83N3O15P2/c1-3-5-7-9-11-13-15-17-18-20-21-23-25-27-29-31-41(50)59-35-38(62-42(51)32-30-28-26-24-22-19-16-14-12-10-8-6-4-2)36-60-65(55,56)64-66(57,58)61-37-39-43(52)44(53)45(63-39)49-34-33-40(47)48-46(49)54/h17-18,33-34,38-39,43-45,52-53H,3-16,19-32,35-37H2,1-2H3,(H,55,56)(H,57,58)(H2,47,48,54). The van der Waals surface area contributed by atoms with Crippen LogP contribution in [0, 0.1) is 0 Å². The Labute approximate surface area is 392 Å². The van der Waals surface area contributed by atoms with E-state index in [-0.39, 0.29) is 18.7 Å². The molecule has 1 aromatic heterocycles. The predicted octanol–water partition coefficient (Wildman–Crippen LogP) is 9.67. The van der Waals surface area contributed by atoms with E-state index in [4.69, 9.17) is 29.0 Å². The highest BCUT2D eigenvalue weighted by atomic mass is 31.3. The number of aromatic nitrogens is 2. The second kappa shape index (κ2) is 35.6. The van der Waals surface area contributed by atoms with E-state index in [1.807, 2.05) is 0 Å². The predicted molar refractivity (Wildman–Crippen MR) is 252 cm³/mol. The van der Waals surface area contributed by atoms with Crippen molar-refractivity contribution in [2.45, 2.75) is 224 Å². The average Bonchev–Trinajstić information content (AvgIpc) is 3.55. The SMILES string of the molecule is CCCCCCCCC=CCCCCCCCC(=O)OCC(COP(=O)(O)OP(=O)(O)OCC1OC(n2ccc(N)nc2=O)C(O)C1O)OC(=O)CCCCCCCCCCCCCCC. The van der Waals surface area contributed by atoms with Gasteiger partial charge in [0.25, 0.3) is 0 Å². The molecule has 7 atom stereocenters. The van der Waals surface area contributed by atoms with E-state index in [0.29, 0.717) is 12.8 Å². The summed E-state index contributed by atoms with van der Waals surface area (Å²) in [6.45, 7) is 2.15. The number of phosphoric acid groups is 2. The minimum absolute atomic E-state index is 0.0538. The monoisotopic (exact) mass is 980 g/mol. The highest BCUT2D eigenvalue weighted by Crippen LogP contribution is 2.60. The number of nitrogen functional groups attached to an aromatic ring is 1. The van der Waals surface area contributed by atoms with Crippen LogP contribution in [0.15, 0.2) is 29.2 Å². The molecule has 2 heterocycles. The van der Waals surface area contributed by atoms with Gasteiger partial charge < -0.3 is 39.9 Å². The maximum absolute atomic E-state index is 12.8. The number of hydrogen-bond donors (Lipinski definition) is 5. The van der Waals surface area contributed by atoms with Gasteiger partial charge in [-0.1, -0.05) is 154 Å². The van der Waals surface area contributed by atoms with E-state index >= 15 is 0 Å². The van der Waals surface area contributed by atoms with Gasteiger partial charge in [0.15, 0.2) is 12.3 Å². The first-order chi connectivity index (χ1) is 31.7. The number of rotatable bonds is 41. The molecule has 1 aliphatic heterocycles. The van der Waals surface area contributed by atoms with E-state index < -0.39 is 83.7 Å². The van der Waals surface area contributed by atoms with E-state index in [0.717, 1.165) is 68.8 Å². The number of carbonyl (C=O) groups is 2. The van der Waals surface area contributed by atoms with Gasteiger partial charge in [0, 0.05) is 19.0 Å². The lowest BCUT2D eigenvalue weighted by Crippen LogP contribution is -2.36. The lowest BCUT2D eigenvalue weighted by Gasteiger charge is -2.21. The number of nitrogens with two attached hydrogens (primary N) is 1. The van der Waals surface area contributed by atoms with E-state index in [2.05, 4.69) is 35.3 Å². The Hall–Kier alpha value is -2.50. The Morgan fingerprint density at radius 1 is 0.712 bits per heavy atom. The fourth-order valence-electron chi connectivity index (χ4n) is 7.48. The number of allylic oxidation sites excluding steroid dienone is 2. The minimum atomic E-state index is -5.42. The summed E-state index contributed by atoms with van der Waals surface area (Å²) in [6, 6.07) is 1.25. The molecule has 18 nitrogen and oxygen atoms in total. The van der Waals surface area contributed by atoms with Crippen molar-refractivity contribution in [2.24, 2.45) is 0 Å². The third-order valence-electron chi connectivity index (χ3n) is 11.4. The van der Waals surface area contributed by atoms with Crippen LogP contribution in [0.3, 0.4) is 0 Å². The fraction of sp³-hybridized carbons (Fsp3) is 0.826. The highest BCUT2D eigenvalue weighted by Gasteiger charge is 2.46. The topological polar surface area (TPSA) is 265 Å². The molecule has 1 fully saturated rings. The third-order valence-corrected chi connectivity index (χ3v) is 14.0. The van der Waals surface area contributed by atoms with Crippen LogP contribution < -0.4 is 11.4 Å². The van der Waals surface area contributed by atoms with Gasteiger partial charge in [0.1, 0.15) is 30.7 Å². The minimum Gasteiger partial charge on any atom is -0.462 e. The number of aliphatic hydroxyl groups excluding tert-OH is 2. The quantitative estimate of drug-likeness (QED) is 0.0177. The van der Waals surface area contributed by atoms with Gasteiger partial charge in [-0.05, 0) is 44.6 Å². The molecule has 382 valence electrons. The number of ether oxygens (including phenoxy) is 3. The zero-order chi connectivity index (χ0) is 48.5. The van der Waals surface area contributed by atoms with E-state index in [9.17, 15) is 43.5 Å². The molecule has 0 bridgehead atoms. The first-order valence-corrected chi connectivity index (χ1v) is 27.7. The fourth-order valence-corrected chi connectivity index (χ4v) is 9.60. The Morgan fingerprint density at radius 3 is 1.70 bits per heavy atom. The van der Waals surface area contributed by atoms with Gasteiger partial charge in [0.05, 0.1) is 13.2 Å². The number of unbranched alkanes of at least 4 members (excludes halogenated alkanes) is 23. The second-order valence-corrected chi connectivity index (χ2v) is 20.4. The second-order valence-electron chi connectivity index (χ2n) is 17.3. The van der Waals surface area contributed by atoms with Gasteiger partial charge in [0.2, 0.25) is 0 Å². The van der Waals surface area contributed by atoms with Gasteiger partial charge in [-0.15, -0.1) is 0 Å². The molecule has 0 radical (unpaired) electrons. The highest BCUT2D eigenvalue weighted by molar-refractivity contribution is 7.61. The number of anilines is 1. The molecule has 6 N–H and O–H groups in total. The molecule has 0 aromatic carbocycles. The Balaban J connectivity index is 1.81. The lowest BCUT2D eigenvalue weighted by atomic mass is 10.0. The molecule has 20 heteroatoms. The van der Waals surface area contributed by atoms with Crippen LogP contribution in [0.25, 0.3) is 0 Å². The van der Waals surface area contributed by atoms with Crippen molar-refractivity contribution in [3.8, 4) is 0 Å². The van der Waals surface area contributed by atoms with Crippen molar-refractivity contribution in [1.29, 1.82) is 0 Å². The maximum atomic E-state index is 12.8. The van der Waals surface area contributed by atoms with Crippen LogP contribution in [0.5, 0.6) is 0 Å². The van der Waals surface area contributed by atoms with Crippen molar-refractivity contribution in [3.63, 3.8) is 0 Å². The van der Waals surface area contributed by atoms with Crippen molar-refractivity contribution in [1.82, 2.24) is 9.55 Å². The smallest absolute Gasteiger partial charge is 0.462 e. The molecule has 66 heavy (non-hydrogen) atoms. The molecule has 1 aromatic rings. The molecule has 7 unspecified atom stereocenters. The van der Waals surface area contributed by atoms with Gasteiger partial charge in [-0.3, -0.25) is 23.2 Å². The number of phosphoric ester groups is 2. The molecule has 0 saturated carbocycles. The zero-order valence-corrected chi connectivity index (χ0v) is 41.6. The summed E-state index contributed by atoms with van der Waals surface area (Å²) in [6.07, 6.45) is 27.2. The van der Waals surface area contributed by atoms with Gasteiger partial charge in [-0.25, -0.2) is 13.9 Å². The summed E-state index contributed by atoms with van der Waals surface area (Å²) in [5.74, 6) is -1.29. The summed E-state index contributed by atoms with van der Waals surface area (Å²) < 4.78 is 56.7. The summed E-state index contributed by atoms with van der Waals surface area (Å²) >= 11 is 0. The number of nitrogens with zero attached hydrogens (tertiary/aromatic N) is 2. The van der Waals surface area contributed by atoms with Gasteiger partial charge in [-0.2, -0.15) is 9.29 Å².